The first kappa shape index (κ1) is 10.4. The number of hydrogen-bond donors (Lipinski definition) is 2. The van der Waals surface area contributed by atoms with Crippen molar-refractivity contribution in [3.05, 3.63) is 24.0 Å². The number of pyridine rings is 1. The molecule has 0 aliphatic carbocycles. The topological polar surface area (TPSA) is 37.0 Å². The van der Waals surface area contributed by atoms with Crippen LogP contribution in [0.25, 0.3) is 0 Å². The summed E-state index contributed by atoms with van der Waals surface area (Å²) in [5, 5.41) is 6.85. The van der Waals surface area contributed by atoms with Crippen LogP contribution >= 0.6 is 0 Å². The zero-order valence-corrected chi connectivity index (χ0v) is 9.29. The van der Waals surface area contributed by atoms with Crippen molar-refractivity contribution < 1.29 is 0 Å². The molecule has 0 saturated carbocycles. The van der Waals surface area contributed by atoms with Crippen molar-refractivity contribution in [1.29, 1.82) is 0 Å². The molecule has 2 N–H and O–H groups in total. The number of nitrogens with one attached hydrogen (secondary N) is 2. The molecule has 0 radical (unpaired) electrons. The van der Waals surface area contributed by atoms with Crippen LogP contribution < -0.4 is 10.6 Å². The Balaban J connectivity index is 1.81. The van der Waals surface area contributed by atoms with Gasteiger partial charge < -0.3 is 10.6 Å². The number of aromatic nitrogens is 1. The quantitative estimate of drug-likeness (QED) is 0.790. The Bertz CT molecular complexity index is 305. The Morgan fingerprint density at radius 3 is 2.93 bits per heavy atom. The Morgan fingerprint density at radius 1 is 1.40 bits per heavy atom. The minimum absolute atomic E-state index is 0.812. The summed E-state index contributed by atoms with van der Waals surface area (Å²) in [4.78, 5) is 4.17. The maximum absolute atomic E-state index is 4.17. The molecular weight excluding hydrogens is 186 g/mol. The lowest BCUT2D eigenvalue weighted by Crippen LogP contribution is -2.31. The number of nitrogens with zero attached hydrogens (tertiary/aromatic N) is 1. The summed E-state index contributed by atoms with van der Waals surface area (Å²) in [5.74, 6) is 0.812. The monoisotopic (exact) mass is 205 g/mol. The van der Waals surface area contributed by atoms with E-state index >= 15 is 0 Å². The summed E-state index contributed by atoms with van der Waals surface area (Å²) < 4.78 is 0. The first-order valence-electron chi connectivity index (χ1n) is 5.71. The Hall–Kier alpha value is -1.09. The zero-order valence-electron chi connectivity index (χ0n) is 9.29. The molecule has 0 atom stereocenters. The molecule has 1 aromatic heterocycles. The third-order valence-electron chi connectivity index (χ3n) is 2.93. The number of piperidine rings is 1. The molecule has 1 saturated heterocycles. The Labute approximate surface area is 91.3 Å². The van der Waals surface area contributed by atoms with Gasteiger partial charge >= 0.3 is 0 Å². The maximum atomic E-state index is 4.17. The van der Waals surface area contributed by atoms with E-state index in [1.807, 2.05) is 12.4 Å². The van der Waals surface area contributed by atoms with Gasteiger partial charge in [0.2, 0.25) is 0 Å². The van der Waals surface area contributed by atoms with Crippen LogP contribution in [0.1, 0.15) is 18.4 Å². The first-order chi connectivity index (χ1) is 7.34. The van der Waals surface area contributed by atoms with E-state index in [0.717, 1.165) is 18.2 Å². The predicted octanol–water partition coefficient (Wildman–Crippen LogP) is 1.80. The molecule has 15 heavy (non-hydrogen) atoms. The molecule has 0 unspecified atom stereocenters. The Morgan fingerprint density at radius 2 is 2.20 bits per heavy atom. The van der Waals surface area contributed by atoms with Crippen LogP contribution in [0.2, 0.25) is 0 Å². The largest absolute Gasteiger partial charge is 0.384 e. The molecule has 82 valence electrons. The van der Waals surface area contributed by atoms with Crippen LogP contribution in [0.5, 0.6) is 0 Å². The van der Waals surface area contributed by atoms with E-state index in [1.54, 1.807) is 0 Å². The highest BCUT2D eigenvalue weighted by Gasteiger charge is 2.12. The van der Waals surface area contributed by atoms with Crippen molar-refractivity contribution in [3.63, 3.8) is 0 Å². The fraction of sp³-hybridized carbons (Fsp3) is 0.583. The minimum Gasteiger partial charge on any atom is -0.384 e. The third-order valence-corrected chi connectivity index (χ3v) is 2.93. The van der Waals surface area contributed by atoms with Crippen LogP contribution in [0.15, 0.2) is 18.5 Å². The van der Waals surface area contributed by atoms with Crippen molar-refractivity contribution >= 4 is 5.69 Å². The fourth-order valence-corrected chi connectivity index (χ4v) is 2.00. The van der Waals surface area contributed by atoms with Crippen LogP contribution in [0.4, 0.5) is 5.69 Å². The molecule has 1 aromatic rings. The smallest absolute Gasteiger partial charge is 0.0529 e. The molecule has 0 bridgehead atoms. The van der Waals surface area contributed by atoms with Crippen LogP contribution in [0.3, 0.4) is 0 Å². The molecule has 2 rings (SSSR count). The summed E-state index contributed by atoms with van der Waals surface area (Å²) >= 11 is 0. The van der Waals surface area contributed by atoms with E-state index in [2.05, 4.69) is 28.6 Å². The fourth-order valence-electron chi connectivity index (χ4n) is 2.00. The van der Waals surface area contributed by atoms with Gasteiger partial charge in [0.15, 0.2) is 0 Å². The molecule has 0 amide bonds. The van der Waals surface area contributed by atoms with Gasteiger partial charge in [0, 0.05) is 18.9 Å². The molecule has 0 aromatic carbocycles. The molecule has 3 nitrogen and oxygen atoms in total. The summed E-state index contributed by atoms with van der Waals surface area (Å²) in [6.45, 7) is 5.48. The van der Waals surface area contributed by atoms with Gasteiger partial charge in [-0.2, -0.15) is 0 Å². The van der Waals surface area contributed by atoms with E-state index in [-0.39, 0.29) is 0 Å². The summed E-state index contributed by atoms with van der Waals surface area (Å²) in [6, 6.07) is 2.15. The number of hydrogen-bond acceptors (Lipinski definition) is 3. The summed E-state index contributed by atoms with van der Waals surface area (Å²) in [5.41, 5.74) is 2.36. The van der Waals surface area contributed by atoms with Crippen LogP contribution in [0, 0.1) is 12.8 Å². The van der Waals surface area contributed by atoms with Gasteiger partial charge in [-0.05, 0) is 50.4 Å². The van der Waals surface area contributed by atoms with Crippen molar-refractivity contribution in [2.45, 2.75) is 19.8 Å². The average molecular weight is 205 g/mol. The van der Waals surface area contributed by atoms with Gasteiger partial charge in [0.1, 0.15) is 0 Å². The van der Waals surface area contributed by atoms with Crippen molar-refractivity contribution in [2.24, 2.45) is 5.92 Å². The number of aryl methyl sites for hydroxylation is 1. The predicted molar refractivity (Wildman–Crippen MR) is 63.1 cm³/mol. The molecule has 1 fully saturated rings. The third kappa shape index (κ3) is 3.20. The first-order valence-corrected chi connectivity index (χ1v) is 5.71. The highest BCUT2D eigenvalue weighted by molar-refractivity contribution is 5.42. The van der Waals surface area contributed by atoms with Crippen LogP contribution in [-0.4, -0.2) is 24.6 Å². The second kappa shape index (κ2) is 5.12. The minimum atomic E-state index is 0.812. The van der Waals surface area contributed by atoms with Gasteiger partial charge in [-0.1, -0.05) is 0 Å². The Kier molecular flexibility index (Phi) is 3.56. The van der Waals surface area contributed by atoms with E-state index in [4.69, 9.17) is 0 Å². The molecular formula is C12H19N3. The molecule has 1 aliphatic rings. The number of anilines is 1. The van der Waals surface area contributed by atoms with Gasteiger partial charge in [-0.25, -0.2) is 0 Å². The summed E-state index contributed by atoms with van der Waals surface area (Å²) in [7, 11) is 0. The molecule has 0 spiro atoms. The highest BCUT2D eigenvalue weighted by atomic mass is 14.9. The van der Waals surface area contributed by atoms with Gasteiger partial charge in [0.05, 0.1) is 5.69 Å². The second-order valence-electron chi connectivity index (χ2n) is 4.33. The van der Waals surface area contributed by atoms with Crippen molar-refractivity contribution in [2.75, 3.05) is 25.0 Å². The van der Waals surface area contributed by atoms with Crippen molar-refractivity contribution in [1.82, 2.24) is 10.3 Å². The highest BCUT2D eigenvalue weighted by Crippen LogP contribution is 2.13. The van der Waals surface area contributed by atoms with E-state index in [0.29, 0.717) is 0 Å². The maximum Gasteiger partial charge on any atom is 0.0529 e. The zero-order chi connectivity index (χ0) is 10.5. The van der Waals surface area contributed by atoms with E-state index < -0.39 is 0 Å². The van der Waals surface area contributed by atoms with E-state index in [1.165, 1.54) is 31.5 Å². The molecule has 2 heterocycles. The SMILES string of the molecule is Cc1cncc(NCC2CCNCC2)c1. The van der Waals surface area contributed by atoms with Gasteiger partial charge in [-0.3, -0.25) is 4.98 Å². The summed E-state index contributed by atoms with van der Waals surface area (Å²) in [6.07, 6.45) is 6.35. The standard InChI is InChI=1S/C12H19N3/c1-10-6-12(9-14-7-10)15-8-11-2-4-13-5-3-11/h6-7,9,11,13,15H,2-5,8H2,1H3. The normalized spacial score (nSPS) is 17.7. The lowest BCUT2D eigenvalue weighted by atomic mass is 9.98. The van der Waals surface area contributed by atoms with Crippen molar-refractivity contribution in [3.8, 4) is 0 Å². The van der Waals surface area contributed by atoms with Gasteiger partial charge in [0.25, 0.3) is 0 Å². The van der Waals surface area contributed by atoms with Crippen LogP contribution in [-0.2, 0) is 0 Å². The molecule has 1 aliphatic heterocycles. The van der Waals surface area contributed by atoms with E-state index in [9.17, 15) is 0 Å². The second-order valence-corrected chi connectivity index (χ2v) is 4.33. The number of rotatable bonds is 3. The van der Waals surface area contributed by atoms with Gasteiger partial charge in [-0.15, -0.1) is 0 Å². The lowest BCUT2D eigenvalue weighted by molar-refractivity contribution is 0.390. The average Bonchev–Trinajstić information content (AvgIpc) is 2.28. The lowest BCUT2D eigenvalue weighted by Gasteiger charge is -2.23. The molecule has 3 heteroatoms.